The predicted octanol–water partition coefficient (Wildman–Crippen LogP) is 2.21. The maximum atomic E-state index is 9.08. The van der Waals surface area contributed by atoms with Crippen LogP contribution in [0.25, 0.3) is 0 Å². The van der Waals surface area contributed by atoms with Crippen molar-refractivity contribution in [2.24, 2.45) is 5.92 Å². The highest BCUT2D eigenvalue weighted by atomic mass is 15.0. The maximum absolute atomic E-state index is 9.08. The van der Waals surface area contributed by atoms with E-state index in [9.17, 15) is 0 Å². The first-order chi connectivity index (χ1) is 7.72. The van der Waals surface area contributed by atoms with Gasteiger partial charge in [0.1, 0.15) is 0 Å². The molecule has 1 N–H and O–H groups in total. The van der Waals surface area contributed by atoms with Gasteiger partial charge in [-0.25, -0.2) is 0 Å². The van der Waals surface area contributed by atoms with Gasteiger partial charge in [0.2, 0.25) is 0 Å². The van der Waals surface area contributed by atoms with Crippen molar-refractivity contribution in [1.82, 2.24) is 10.3 Å². The lowest BCUT2D eigenvalue weighted by Crippen LogP contribution is -2.34. The molecule has 2 unspecified atom stereocenters. The molecule has 1 aliphatic carbocycles. The SMILES string of the molecule is CC(C)C(C#N)NC1CCc2ccncc21. The number of nitrogens with one attached hydrogen (secondary N) is 1. The van der Waals surface area contributed by atoms with Crippen molar-refractivity contribution >= 4 is 0 Å². The number of fused-ring (bicyclic) bond motifs is 1. The summed E-state index contributed by atoms with van der Waals surface area (Å²) in [7, 11) is 0. The van der Waals surface area contributed by atoms with Gasteiger partial charge in [-0.1, -0.05) is 13.8 Å². The number of aryl methyl sites for hydroxylation is 1. The summed E-state index contributed by atoms with van der Waals surface area (Å²) in [5.74, 6) is 0.339. The third-order valence-electron chi connectivity index (χ3n) is 3.21. The average molecular weight is 215 g/mol. The van der Waals surface area contributed by atoms with Gasteiger partial charge in [0.15, 0.2) is 0 Å². The molecule has 2 rings (SSSR count). The largest absolute Gasteiger partial charge is 0.295 e. The molecule has 0 bridgehead atoms. The highest BCUT2D eigenvalue weighted by Crippen LogP contribution is 2.30. The quantitative estimate of drug-likeness (QED) is 0.841. The van der Waals surface area contributed by atoms with Gasteiger partial charge < -0.3 is 0 Å². The predicted molar refractivity (Wildman–Crippen MR) is 62.7 cm³/mol. The van der Waals surface area contributed by atoms with Crippen molar-refractivity contribution in [1.29, 1.82) is 5.26 Å². The second kappa shape index (κ2) is 4.63. The van der Waals surface area contributed by atoms with Crippen LogP contribution in [0.15, 0.2) is 18.5 Å². The minimum absolute atomic E-state index is 0.0730. The van der Waals surface area contributed by atoms with Crippen LogP contribution >= 0.6 is 0 Å². The standard InChI is InChI=1S/C13H17N3/c1-9(2)13(7-14)16-12-4-3-10-5-6-15-8-11(10)12/h5-6,8-9,12-13,16H,3-4H2,1-2H3. The van der Waals surface area contributed by atoms with Gasteiger partial charge in [-0.05, 0) is 36.0 Å². The molecule has 0 saturated heterocycles. The van der Waals surface area contributed by atoms with E-state index in [4.69, 9.17) is 5.26 Å². The van der Waals surface area contributed by atoms with Crippen LogP contribution in [0.3, 0.4) is 0 Å². The molecule has 1 aliphatic rings. The summed E-state index contributed by atoms with van der Waals surface area (Å²) >= 11 is 0. The van der Waals surface area contributed by atoms with E-state index >= 15 is 0 Å². The van der Waals surface area contributed by atoms with Crippen LogP contribution in [0.1, 0.15) is 37.4 Å². The molecule has 16 heavy (non-hydrogen) atoms. The van der Waals surface area contributed by atoms with Crippen LogP contribution in [0, 0.1) is 17.2 Å². The Morgan fingerprint density at radius 1 is 1.56 bits per heavy atom. The Morgan fingerprint density at radius 3 is 3.06 bits per heavy atom. The molecule has 84 valence electrons. The topological polar surface area (TPSA) is 48.7 Å². The summed E-state index contributed by atoms with van der Waals surface area (Å²) in [6.45, 7) is 4.14. The molecule has 0 saturated carbocycles. The lowest BCUT2D eigenvalue weighted by atomic mass is 10.0. The highest BCUT2D eigenvalue weighted by molar-refractivity contribution is 5.31. The lowest BCUT2D eigenvalue weighted by molar-refractivity contribution is 0.411. The molecular weight excluding hydrogens is 198 g/mol. The van der Waals surface area contributed by atoms with E-state index in [1.165, 1.54) is 11.1 Å². The summed E-state index contributed by atoms with van der Waals surface area (Å²) in [6.07, 6.45) is 5.93. The van der Waals surface area contributed by atoms with Crippen LogP contribution in [0.5, 0.6) is 0 Å². The number of pyridine rings is 1. The van der Waals surface area contributed by atoms with E-state index in [1.54, 1.807) is 0 Å². The van der Waals surface area contributed by atoms with Gasteiger partial charge in [0.05, 0.1) is 12.1 Å². The number of nitriles is 1. The zero-order valence-electron chi connectivity index (χ0n) is 9.77. The average Bonchev–Trinajstić information content (AvgIpc) is 2.69. The zero-order chi connectivity index (χ0) is 11.5. The Hall–Kier alpha value is -1.40. The van der Waals surface area contributed by atoms with Crippen LogP contribution in [0.2, 0.25) is 0 Å². The Morgan fingerprint density at radius 2 is 2.38 bits per heavy atom. The van der Waals surface area contributed by atoms with Crippen molar-refractivity contribution in [2.45, 2.75) is 38.8 Å². The van der Waals surface area contributed by atoms with Gasteiger partial charge in [0, 0.05) is 18.4 Å². The second-order valence-electron chi connectivity index (χ2n) is 4.68. The monoisotopic (exact) mass is 215 g/mol. The molecule has 1 heterocycles. The molecule has 0 aliphatic heterocycles. The van der Waals surface area contributed by atoms with Gasteiger partial charge in [0.25, 0.3) is 0 Å². The first-order valence-electron chi connectivity index (χ1n) is 5.81. The van der Waals surface area contributed by atoms with Gasteiger partial charge in [-0.15, -0.1) is 0 Å². The Labute approximate surface area is 96.5 Å². The molecule has 2 atom stereocenters. The van der Waals surface area contributed by atoms with Crippen molar-refractivity contribution in [3.05, 3.63) is 29.6 Å². The van der Waals surface area contributed by atoms with Crippen LogP contribution in [0.4, 0.5) is 0 Å². The maximum Gasteiger partial charge on any atom is 0.0980 e. The summed E-state index contributed by atoms with van der Waals surface area (Å²) < 4.78 is 0. The highest BCUT2D eigenvalue weighted by Gasteiger charge is 2.25. The summed E-state index contributed by atoms with van der Waals surface area (Å²) in [6, 6.07) is 4.63. The lowest BCUT2D eigenvalue weighted by Gasteiger charge is -2.20. The van der Waals surface area contributed by atoms with Crippen molar-refractivity contribution in [3.63, 3.8) is 0 Å². The normalized spacial score (nSPS) is 20.5. The smallest absolute Gasteiger partial charge is 0.0980 e. The van der Waals surface area contributed by atoms with Crippen molar-refractivity contribution in [2.75, 3.05) is 0 Å². The van der Waals surface area contributed by atoms with E-state index in [0.717, 1.165) is 12.8 Å². The Kier molecular flexibility index (Phi) is 3.21. The van der Waals surface area contributed by atoms with Crippen LogP contribution in [-0.4, -0.2) is 11.0 Å². The fourth-order valence-electron chi connectivity index (χ4n) is 2.20. The second-order valence-corrected chi connectivity index (χ2v) is 4.68. The molecule has 1 aromatic heterocycles. The minimum atomic E-state index is -0.0730. The first-order valence-corrected chi connectivity index (χ1v) is 5.81. The molecule has 3 nitrogen and oxygen atoms in total. The number of nitrogens with zero attached hydrogens (tertiary/aromatic N) is 2. The molecule has 0 radical (unpaired) electrons. The minimum Gasteiger partial charge on any atom is -0.295 e. The number of hydrogen-bond donors (Lipinski definition) is 1. The summed E-state index contributed by atoms with van der Waals surface area (Å²) in [4.78, 5) is 4.16. The summed E-state index contributed by atoms with van der Waals surface area (Å²) in [5, 5.41) is 12.5. The zero-order valence-corrected chi connectivity index (χ0v) is 9.77. The molecule has 0 aromatic carbocycles. The third-order valence-corrected chi connectivity index (χ3v) is 3.21. The molecule has 3 heteroatoms. The van der Waals surface area contributed by atoms with E-state index in [-0.39, 0.29) is 6.04 Å². The van der Waals surface area contributed by atoms with Crippen molar-refractivity contribution < 1.29 is 0 Å². The molecular formula is C13H17N3. The fraction of sp³-hybridized carbons (Fsp3) is 0.538. The van der Waals surface area contributed by atoms with E-state index in [1.807, 2.05) is 12.4 Å². The third kappa shape index (κ3) is 2.07. The Balaban J connectivity index is 2.11. The molecule has 1 aromatic rings. The van der Waals surface area contributed by atoms with Crippen molar-refractivity contribution in [3.8, 4) is 6.07 Å². The molecule has 0 spiro atoms. The molecule has 0 amide bonds. The van der Waals surface area contributed by atoms with Gasteiger partial charge in [-0.3, -0.25) is 10.3 Å². The molecule has 0 fully saturated rings. The number of aromatic nitrogens is 1. The summed E-state index contributed by atoms with van der Waals surface area (Å²) in [5.41, 5.74) is 2.64. The van der Waals surface area contributed by atoms with Crippen LogP contribution in [-0.2, 0) is 6.42 Å². The first kappa shape index (κ1) is 11.1. The van der Waals surface area contributed by atoms with E-state index in [2.05, 4.69) is 36.3 Å². The van der Waals surface area contributed by atoms with Gasteiger partial charge in [-0.2, -0.15) is 5.26 Å². The van der Waals surface area contributed by atoms with Gasteiger partial charge >= 0.3 is 0 Å². The van der Waals surface area contributed by atoms with Crippen LogP contribution < -0.4 is 5.32 Å². The Bertz CT molecular complexity index is 406. The number of rotatable bonds is 3. The van der Waals surface area contributed by atoms with E-state index < -0.39 is 0 Å². The number of hydrogen-bond acceptors (Lipinski definition) is 3. The fourth-order valence-corrected chi connectivity index (χ4v) is 2.20. The van der Waals surface area contributed by atoms with E-state index in [0.29, 0.717) is 12.0 Å².